The Morgan fingerprint density at radius 2 is 1.93 bits per heavy atom. The first kappa shape index (κ1) is 14.4. The highest BCUT2D eigenvalue weighted by Gasteiger charge is 2.18. The number of hydrogen-bond acceptors (Lipinski definition) is 4. The normalized spacial score (nSPS) is 11.9. The Kier molecular flexibility index (Phi) is 6.52. The number of carbonyl (C=O) groups is 1. The van der Waals surface area contributed by atoms with Gasteiger partial charge in [0.1, 0.15) is 5.60 Å². The maximum absolute atomic E-state index is 11.5. The molecule has 0 saturated carbocycles. The van der Waals surface area contributed by atoms with Crippen molar-refractivity contribution in [1.29, 1.82) is 0 Å². The van der Waals surface area contributed by atoms with E-state index >= 15 is 0 Å². The SMILES string of the molecule is CCCN(CCN)CC(=O)OC(C)(C)C. The third-order valence-electron chi connectivity index (χ3n) is 1.76. The minimum absolute atomic E-state index is 0.176. The van der Waals surface area contributed by atoms with Gasteiger partial charge in [-0.2, -0.15) is 0 Å². The topological polar surface area (TPSA) is 55.6 Å². The van der Waals surface area contributed by atoms with Gasteiger partial charge in [0.05, 0.1) is 6.54 Å². The number of nitrogens with two attached hydrogens (primary N) is 1. The van der Waals surface area contributed by atoms with E-state index in [2.05, 4.69) is 6.92 Å². The number of carbonyl (C=O) groups excluding carboxylic acids is 1. The van der Waals surface area contributed by atoms with E-state index in [9.17, 15) is 4.79 Å². The molecule has 90 valence electrons. The van der Waals surface area contributed by atoms with Crippen molar-refractivity contribution in [2.75, 3.05) is 26.2 Å². The van der Waals surface area contributed by atoms with Gasteiger partial charge in [0, 0.05) is 13.1 Å². The van der Waals surface area contributed by atoms with Gasteiger partial charge in [-0.25, -0.2) is 0 Å². The molecule has 0 bridgehead atoms. The van der Waals surface area contributed by atoms with E-state index in [1.54, 1.807) is 0 Å². The summed E-state index contributed by atoms with van der Waals surface area (Å²) >= 11 is 0. The molecule has 0 aliphatic rings. The summed E-state index contributed by atoms with van der Waals surface area (Å²) in [6.07, 6.45) is 1.02. The minimum Gasteiger partial charge on any atom is -0.459 e. The molecule has 2 N–H and O–H groups in total. The molecule has 0 aliphatic carbocycles. The zero-order valence-electron chi connectivity index (χ0n) is 10.4. The second-order valence-corrected chi connectivity index (χ2v) is 4.65. The number of hydrogen-bond donors (Lipinski definition) is 1. The van der Waals surface area contributed by atoms with E-state index in [1.807, 2.05) is 25.7 Å². The van der Waals surface area contributed by atoms with Crippen molar-refractivity contribution in [2.24, 2.45) is 5.73 Å². The highest BCUT2D eigenvalue weighted by Crippen LogP contribution is 2.07. The first-order valence-electron chi connectivity index (χ1n) is 5.53. The Labute approximate surface area is 92.8 Å². The molecule has 0 radical (unpaired) electrons. The molecule has 0 rings (SSSR count). The van der Waals surface area contributed by atoms with Crippen molar-refractivity contribution in [3.05, 3.63) is 0 Å². The molecule has 0 aromatic heterocycles. The number of esters is 1. The molecule has 0 spiro atoms. The van der Waals surface area contributed by atoms with Crippen LogP contribution in [0.3, 0.4) is 0 Å². The maximum Gasteiger partial charge on any atom is 0.320 e. The molecule has 0 atom stereocenters. The summed E-state index contributed by atoms with van der Waals surface area (Å²) in [5, 5.41) is 0. The zero-order chi connectivity index (χ0) is 11.9. The Hall–Kier alpha value is -0.610. The van der Waals surface area contributed by atoms with Crippen molar-refractivity contribution >= 4 is 5.97 Å². The highest BCUT2D eigenvalue weighted by atomic mass is 16.6. The number of ether oxygens (including phenoxy) is 1. The first-order valence-corrected chi connectivity index (χ1v) is 5.53. The fourth-order valence-electron chi connectivity index (χ4n) is 1.33. The Balaban J connectivity index is 3.99. The van der Waals surface area contributed by atoms with E-state index in [-0.39, 0.29) is 5.97 Å². The molecule has 4 heteroatoms. The summed E-state index contributed by atoms with van der Waals surface area (Å²) < 4.78 is 5.24. The standard InChI is InChI=1S/C11H24N2O2/c1-5-7-13(8-6-12)9-10(14)15-11(2,3)4/h5-9,12H2,1-4H3. The first-order chi connectivity index (χ1) is 6.89. The second kappa shape index (κ2) is 6.80. The van der Waals surface area contributed by atoms with Crippen LogP contribution in [0.4, 0.5) is 0 Å². The fourth-order valence-corrected chi connectivity index (χ4v) is 1.33. The van der Waals surface area contributed by atoms with Gasteiger partial charge < -0.3 is 10.5 Å². The van der Waals surface area contributed by atoms with Crippen LogP contribution in [0.1, 0.15) is 34.1 Å². The average Bonchev–Trinajstić information content (AvgIpc) is 2.00. The lowest BCUT2D eigenvalue weighted by atomic mass is 10.2. The molecular formula is C11H24N2O2. The van der Waals surface area contributed by atoms with Crippen LogP contribution in [0.2, 0.25) is 0 Å². The lowest BCUT2D eigenvalue weighted by molar-refractivity contribution is -0.156. The van der Waals surface area contributed by atoms with Crippen LogP contribution in [0, 0.1) is 0 Å². The second-order valence-electron chi connectivity index (χ2n) is 4.65. The number of nitrogens with zero attached hydrogens (tertiary/aromatic N) is 1. The van der Waals surface area contributed by atoms with Crippen LogP contribution < -0.4 is 5.73 Å². The third-order valence-corrected chi connectivity index (χ3v) is 1.76. The van der Waals surface area contributed by atoms with Gasteiger partial charge in [0.2, 0.25) is 0 Å². The molecule has 0 fully saturated rings. The molecule has 0 aliphatic heterocycles. The largest absolute Gasteiger partial charge is 0.459 e. The zero-order valence-corrected chi connectivity index (χ0v) is 10.4. The summed E-state index contributed by atoms with van der Waals surface area (Å²) in [5.41, 5.74) is 5.06. The van der Waals surface area contributed by atoms with Gasteiger partial charge in [-0.1, -0.05) is 6.92 Å². The van der Waals surface area contributed by atoms with Gasteiger partial charge in [-0.3, -0.25) is 9.69 Å². The lowest BCUT2D eigenvalue weighted by Gasteiger charge is -2.24. The molecule has 0 amide bonds. The van der Waals surface area contributed by atoms with Crippen molar-refractivity contribution < 1.29 is 9.53 Å². The van der Waals surface area contributed by atoms with Crippen LogP contribution in [-0.4, -0.2) is 42.6 Å². The van der Waals surface area contributed by atoms with Crippen LogP contribution in [0.15, 0.2) is 0 Å². The molecule has 0 aromatic rings. The Bertz CT molecular complexity index is 182. The van der Waals surface area contributed by atoms with Crippen molar-refractivity contribution in [2.45, 2.75) is 39.7 Å². The van der Waals surface area contributed by atoms with Crippen LogP contribution >= 0.6 is 0 Å². The Morgan fingerprint density at radius 1 is 1.33 bits per heavy atom. The molecular weight excluding hydrogens is 192 g/mol. The van der Waals surface area contributed by atoms with Crippen LogP contribution in [0.5, 0.6) is 0 Å². The summed E-state index contributed by atoms with van der Waals surface area (Å²) in [4.78, 5) is 13.5. The molecule has 4 nitrogen and oxygen atoms in total. The van der Waals surface area contributed by atoms with E-state index in [4.69, 9.17) is 10.5 Å². The van der Waals surface area contributed by atoms with E-state index < -0.39 is 5.60 Å². The monoisotopic (exact) mass is 216 g/mol. The van der Waals surface area contributed by atoms with Crippen LogP contribution in [0.25, 0.3) is 0 Å². The molecule has 0 aromatic carbocycles. The van der Waals surface area contributed by atoms with E-state index in [0.29, 0.717) is 13.1 Å². The minimum atomic E-state index is -0.405. The molecule has 0 heterocycles. The quantitative estimate of drug-likeness (QED) is 0.673. The van der Waals surface area contributed by atoms with E-state index in [0.717, 1.165) is 19.5 Å². The van der Waals surface area contributed by atoms with Crippen molar-refractivity contribution in [3.8, 4) is 0 Å². The average molecular weight is 216 g/mol. The van der Waals surface area contributed by atoms with Gasteiger partial charge in [-0.15, -0.1) is 0 Å². The highest BCUT2D eigenvalue weighted by molar-refractivity contribution is 5.72. The fraction of sp³-hybridized carbons (Fsp3) is 0.909. The third kappa shape index (κ3) is 8.39. The molecule has 0 unspecified atom stereocenters. The van der Waals surface area contributed by atoms with Crippen LogP contribution in [-0.2, 0) is 9.53 Å². The van der Waals surface area contributed by atoms with E-state index in [1.165, 1.54) is 0 Å². The van der Waals surface area contributed by atoms with Gasteiger partial charge in [-0.05, 0) is 33.7 Å². The van der Waals surface area contributed by atoms with Gasteiger partial charge >= 0.3 is 5.97 Å². The summed E-state index contributed by atoms with van der Waals surface area (Å²) in [6.45, 7) is 10.2. The number of rotatable bonds is 6. The summed E-state index contributed by atoms with van der Waals surface area (Å²) in [7, 11) is 0. The summed E-state index contributed by atoms with van der Waals surface area (Å²) in [5.74, 6) is -0.176. The Morgan fingerprint density at radius 3 is 2.33 bits per heavy atom. The smallest absolute Gasteiger partial charge is 0.320 e. The van der Waals surface area contributed by atoms with Crippen molar-refractivity contribution in [1.82, 2.24) is 4.90 Å². The summed E-state index contributed by atoms with van der Waals surface area (Å²) in [6, 6.07) is 0. The van der Waals surface area contributed by atoms with Gasteiger partial charge in [0.15, 0.2) is 0 Å². The predicted molar refractivity (Wildman–Crippen MR) is 61.6 cm³/mol. The van der Waals surface area contributed by atoms with Crippen molar-refractivity contribution in [3.63, 3.8) is 0 Å². The molecule has 15 heavy (non-hydrogen) atoms. The maximum atomic E-state index is 11.5. The van der Waals surface area contributed by atoms with Gasteiger partial charge in [0.25, 0.3) is 0 Å². The lowest BCUT2D eigenvalue weighted by Crippen LogP contribution is -2.37. The predicted octanol–water partition coefficient (Wildman–Crippen LogP) is 0.999. The molecule has 0 saturated heterocycles.